The van der Waals surface area contributed by atoms with Crippen molar-refractivity contribution in [1.29, 1.82) is 0 Å². The first-order valence-electron chi connectivity index (χ1n) is 6.79. The average Bonchev–Trinajstić information content (AvgIpc) is 2.63. The van der Waals surface area contributed by atoms with Crippen molar-refractivity contribution >= 4 is 27.7 Å². The molecule has 4 nitrogen and oxygen atoms in total. The quantitative estimate of drug-likeness (QED) is 0.920. The number of carbonyl (C=O) groups is 1. The molecule has 1 aromatic rings. The molecule has 1 unspecified atom stereocenters. The third kappa shape index (κ3) is 3.26. The van der Waals surface area contributed by atoms with E-state index in [4.69, 9.17) is 0 Å². The zero-order valence-electron chi connectivity index (χ0n) is 11.1. The fourth-order valence-electron chi connectivity index (χ4n) is 2.70. The molecule has 104 valence electrons. The molecule has 0 aliphatic carbocycles. The van der Waals surface area contributed by atoms with Crippen LogP contribution in [0.4, 0.5) is 5.82 Å². The Bertz CT molecular complexity index is 465. The molecule has 0 aromatic carbocycles. The van der Waals surface area contributed by atoms with E-state index in [1.807, 2.05) is 0 Å². The number of aromatic nitrogens is 1. The number of carboxylic acids is 1. The van der Waals surface area contributed by atoms with Crippen LogP contribution < -0.4 is 4.90 Å². The van der Waals surface area contributed by atoms with Gasteiger partial charge in [0.25, 0.3) is 0 Å². The lowest BCUT2D eigenvalue weighted by atomic mass is 10.1. The van der Waals surface area contributed by atoms with Crippen molar-refractivity contribution in [2.75, 3.05) is 11.4 Å². The number of rotatable bonds is 3. The van der Waals surface area contributed by atoms with Crippen molar-refractivity contribution in [1.82, 2.24) is 4.98 Å². The number of carboxylic acid groups (broad SMARTS) is 1. The smallest absolute Gasteiger partial charge is 0.339 e. The third-order valence-corrected chi connectivity index (χ3v) is 4.12. The number of halogens is 1. The Morgan fingerprint density at radius 3 is 3.00 bits per heavy atom. The lowest BCUT2D eigenvalue weighted by Crippen LogP contribution is -2.36. The van der Waals surface area contributed by atoms with Gasteiger partial charge >= 0.3 is 5.97 Å². The minimum atomic E-state index is -0.914. The first-order valence-corrected chi connectivity index (χ1v) is 7.58. The maximum Gasteiger partial charge on any atom is 0.339 e. The SMILES string of the molecule is CCC1CCCCCN1c1ncc(Br)cc1C(=O)O. The fourth-order valence-corrected chi connectivity index (χ4v) is 3.03. The normalized spacial score (nSPS) is 20.1. The topological polar surface area (TPSA) is 53.4 Å². The summed E-state index contributed by atoms with van der Waals surface area (Å²) in [7, 11) is 0. The highest BCUT2D eigenvalue weighted by atomic mass is 79.9. The second-order valence-electron chi connectivity index (χ2n) is 4.93. The fraction of sp³-hybridized carbons (Fsp3) is 0.571. The van der Waals surface area contributed by atoms with Crippen LogP contribution in [0.3, 0.4) is 0 Å². The predicted molar refractivity (Wildman–Crippen MR) is 78.8 cm³/mol. The number of aromatic carboxylic acids is 1. The molecule has 1 aliphatic heterocycles. The van der Waals surface area contributed by atoms with Crippen molar-refractivity contribution in [2.24, 2.45) is 0 Å². The lowest BCUT2D eigenvalue weighted by molar-refractivity contribution is 0.0697. The van der Waals surface area contributed by atoms with E-state index in [9.17, 15) is 9.90 Å². The molecular weight excluding hydrogens is 308 g/mol. The monoisotopic (exact) mass is 326 g/mol. The zero-order valence-corrected chi connectivity index (χ0v) is 12.7. The van der Waals surface area contributed by atoms with Crippen LogP contribution in [0.15, 0.2) is 16.7 Å². The van der Waals surface area contributed by atoms with Crippen LogP contribution in [0.5, 0.6) is 0 Å². The van der Waals surface area contributed by atoms with E-state index in [0.29, 0.717) is 16.3 Å². The van der Waals surface area contributed by atoms with Crippen LogP contribution in [0.25, 0.3) is 0 Å². The van der Waals surface area contributed by atoms with Gasteiger partial charge in [0.05, 0.1) is 0 Å². The molecule has 1 fully saturated rings. The molecule has 19 heavy (non-hydrogen) atoms. The van der Waals surface area contributed by atoms with E-state index in [0.717, 1.165) is 25.8 Å². The maximum absolute atomic E-state index is 11.4. The summed E-state index contributed by atoms with van der Waals surface area (Å²) in [6.45, 7) is 3.05. The average molecular weight is 327 g/mol. The van der Waals surface area contributed by atoms with Crippen LogP contribution in [0, 0.1) is 0 Å². The van der Waals surface area contributed by atoms with E-state index < -0.39 is 5.97 Å². The largest absolute Gasteiger partial charge is 0.478 e. The summed E-state index contributed by atoms with van der Waals surface area (Å²) in [5, 5.41) is 9.36. The van der Waals surface area contributed by atoms with Gasteiger partial charge in [-0.3, -0.25) is 0 Å². The molecule has 1 aliphatic rings. The number of hydrogen-bond acceptors (Lipinski definition) is 3. The Morgan fingerprint density at radius 1 is 1.53 bits per heavy atom. The molecule has 0 saturated carbocycles. The Balaban J connectivity index is 2.40. The van der Waals surface area contributed by atoms with E-state index >= 15 is 0 Å². The number of nitrogens with zero attached hydrogens (tertiary/aromatic N) is 2. The van der Waals surface area contributed by atoms with E-state index in [1.54, 1.807) is 12.3 Å². The number of anilines is 1. The molecule has 0 radical (unpaired) electrons. The summed E-state index contributed by atoms with van der Waals surface area (Å²) in [6, 6.07) is 2.04. The van der Waals surface area contributed by atoms with E-state index in [1.165, 1.54) is 12.8 Å². The summed E-state index contributed by atoms with van der Waals surface area (Å²) in [5.41, 5.74) is 0.287. The predicted octanol–water partition coefficient (Wildman–Crippen LogP) is 3.70. The Kier molecular flexibility index (Phi) is 4.80. The summed E-state index contributed by atoms with van der Waals surface area (Å²) in [4.78, 5) is 18.0. The van der Waals surface area contributed by atoms with E-state index in [2.05, 4.69) is 32.7 Å². The van der Waals surface area contributed by atoms with Gasteiger partial charge in [-0.05, 0) is 41.3 Å². The van der Waals surface area contributed by atoms with Crippen LogP contribution in [-0.2, 0) is 0 Å². The Labute approximate surface area is 122 Å². The summed E-state index contributed by atoms with van der Waals surface area (Å²) in [5.74, 6) is -0.299. The van der Waals surface area contributed by atoms with Gasteiger partial charge in [-0.1, -0.05) is 19.8 Å². The van der Waals surface area contributed by atoms with Crippen molar-refractivity contribution in [3.8, 4) is 0 Å². The van der Waals surface area contributed by atoms with E-state index in [-0.39, 0.29) is 5.56 Å². The van der Waals surface area contributed by atoms with Crippen LogP contribution in [0.2, 0.25) is 0 Å². The Morgan fingerprint density at radius 2 is 2.32 bits per heavy atom. The summed E-state index contributed by atoms with van der Waals surface area (Å²) in [6.07, 6.45) is 7.36. The molecule has 0 bridgehead atoms. The minimum absolute atomic E-state index is 0.287. The zero-order chi connectivity index (χ0) is 13.8. The van der Waals surface area contributed by atoms with Crippen LogP contribution in [0.1, 0.15) is 49.4 Å². The summed E-state index contributed by atoms with van der Waals surface area (Å²) < 4.78 is 0.705. The van der Waals surface area contributed by atoms with Gasteiger partial charge in [-0.15, -0.1) is 0 Å². The second-order valence-corrected chi connectivity index (χ2v) is 5.85. The molecule has 1 aromatic heterocycles. The second kappa shape index (κ2) is 6.37. The molecule has 1 N–H and O–H groups in total. The molecule has 5 heteroatoms. The van der Waals surface area contributed by atoms with Crippen molar-refractivity contribution in [3.63, 3.8) is 0 Å². The van der Waals surface area contributed by atoms with Gasteiger partial charge in [-0.25, -0.2) is 9.78 Å². The molecule has 2 heterocycles. The maximum atomic E-state index is 11.4. The molecular formula is C14H19BrN2O2. The molecule has 1 saturated heterocycles. The Hall–Kier alpha value is -1.10. The van der Waals surface area contributed by atoms with Crippen molar-refractivity contribution in [3.05, 3.63) is 22.3 Å². The number of pyridine rings is 1. The van der Waals surface area contributed by atoms with Gasteiger partial charge in [0.1, 0.15) is 11.4 Å². The third-order valence-electron chi connectivity index (χ3n) is 3.68. The van der Waals surface area contributed by atoms with Crippen molar-refractivity contribution < 1.29 is 9.90 Å². The molecule has 0 amide bonds. The first-order chi connectivity index (χ1) is 9.13. The highest BCUT2D eigenvalue weighted by Crippen LogP contribution is 2.28. The standard InChI is InChI=1S/C14H19BrN2O2/c1-2-11-6-4-3-5-7-17(11)13-12(14(18)19)8-10(15)9-16-13/h8-9,11H,2-7H2,1H3,(H,18,19). The first kappa shape index (κ1) is 14.3. The van der Waals surface area contributed by atoms with Gasteiger partial charge in [0.2, 0.25) is 0 Å². The van der Waals surface area contributed by atoms with Gasteiger partial charge < -0.3 is 10.0 Å². The highest BCUT2D eigenvalue weighted by molar-refractivity contribution is 9.10. The lowest BCUT2D eigenvalue weighted by Gasteiger charge is -2.31. The van der Waals surface area contributed by atoms with Crippen LogP contribution >= 0.6 is 15.9 Å². The molecule has 2 rings (SSSR count). The van der Waals surface area contributed by atoms with Crippen molar-refractivity contribution in [2.45, 2.75) is 45.1 Å². The summed E-state index contributed by atoms with van der Waals surface area (Å²) >= 11 is 3.29. The number of hydrogen-bond donors (Lipinski definition) is 1. The molecule has 0 spiro atoms. The van der Waals surface area contributed by atoms with Gasteiger partial charge in [0.15, 0.2) is 0 Å². The van der Waals surface area contributed by atoms with Gasteiger partial charge in [0, 0.05) is 23.3 Å². The minimum Gasteiger partial charge on any atom is -0.478 e. The highest BCUT2D eigenvalue weighted by Gasteiger charge is 2.25. The van der Waals surface area contributed by atoms with Crippen LogP contribution in [-0.4, -0.2) is 28.6 Å². The molecule has 1 atom stereocenters. The van der Waals surface area contributed by atoms with Gasteiger partial charge in [-0.2, -0.15) is 0 Å².